The summed E-state index contributed by atoms with van der Waals surface area (Å²) < 4.78 is 65.5. The standard InChI is InChI=1S/C25H34B2O6.C13H10Br2O2.C9H19BO3.C4H9.Li/c1-22(2)23(3,4)31-26(30-22)18-9-13-20(14-10-18)28-17-29-21-15-11-19(12-16-21)27-32-24(5,6)25(7,8)33-27;14-10-1-5-12(6-2-10)16-9-17-13-7-3-11(15)4-8-13;1-7(2)11-10-12-8(3,4)9(5,6)13-10;1-3-4-2;/h9-16H,17H2,1-8H3;1-8H,9H2;7H,1-6H3;1,3-4H2,2H3;/q;;;-1;+1. The first-order chi connectivity index (χ1) is 31.2. The monoisotopic (exact) mass is 1060 g/mol. The second-order valence-electron chi connectivity index (χ2n) is 19.6. The predicted octanol–water partition coefficient (Wildman–Crippen LogP) is 8.95. The van der Waals surface area contributed by atoms with Crippen LogP contribution >= 0.6 is 31.9 Å². The van der Waals surface area contributed by atoms with E-state index in [2.05, 4.69) is 45.7 Å². The summed E-state index contributed by atoms with van der Waals surface area (Å²) in [5.74, 6) is 2.99. The van der Waals surface area contributed by atoms with E-state index in [0.29, 0.717) is 11.5 Å². The van der Waals surface area contributed by atoms with Gasteiger partial charge in [-0.25, -0.2) is 0 Å². The van der Waals surface area contributed by atoms with Crippen molar-refractivity contribution in [2.45, 2.75) is 156 Å². The normalized spacial score (nSPS) is 18.7. The third-order valence-electron chi connectivity index (χ3n) is 12.3. The fraction of sp³-hybridized carbons (Fsp3) is 0.510. The minimum Gasteiger partial charge on any atom is -0.458 e. The zero-order valence-electron chi connectivity index (χ0n) is 43.3. The van der Waals surface area contributed by atoms with Crippen LogP contribution in [0.3, 0.4) is 0 Å². The Morgan fingerprint density at radius 2 is 0.691 bits per heavy atom. The number of unbranched alkanes of at least 4 members (excludes halogenated alkanes) is 1. The van der Waals surface area contributed by atoms with Crippen molar-refractivity contribution in [3.8, 4) is 23.0 Å². The third-order valence-corrected chi connectivity index (χ3v) is 13.4. The topological polar surface area (TPSA) is 102 Å². The van der Waals surface area contributed by atoms with E-state index in [1.165, 1.54) is 6.42 Å². The van der Waals surface area contributed by atoms with Gasteiger partial charge in [-0.1, -0.05) is 69.5 Å². The van der Waals surface area contributed by atoms with Gasteiger partial charge >= 0.3 is 40.4 Å². The van der Waals surface area contributed by atoms with Crippen LogP contribution in [0.4, 0.5) is 0 Å². The van der Waals surface area contributed by atoms with Crippen molar-refractivity contribution in [3.63, 3.8) is 0 Å². The van der Waals surface area contributed by atoms with Gasteiger partial charge < -0.3 is 58.5 Å². The van der Waals surface area contributed by atoms with E-state index in [9.17, 15) is 0 Å². The zero-order chi connectivity index (χ0) is 49.8. The molecule has 68 heavy (non-hydrogen) atoms. The van der Waals surface area contributed by atoms with E-state index in [-0.39, 0.29) is 86.4 Å². The maximum absolute atomic E-state index is 6.09. The summed E-state index contributed by atoms with van der Waals surface area (Å²) in [4.78, 5) is 0. The summed E-state index contributed by atoms with van der Waals surface area (Å²) in [5.41, 5.74) is -0.131. The van der Waals surface area contributed by atoms with Crippen LogP contribution in [0.5, 0.6) is 23.0 Å². The van der Waals surface area contributed by atoms with Crippen molar-refractivity contribution in [2.75, 3.05) is 13.6 Å². The van der Waals surface area contributed by atoms with Crippen LogP contribution in [0.1, 0.15) is 117 Å². The van der Waals surface area contributed by atoms with E-state index in [0.717, 1.165) is 37.8 Å². The first-order valence-corrected chi connectivity index (χ1v) is 24.5. The molecule has 0 bridgehead atoms. The summed E-state index contributed by atoms with van der Waals surface area (Å²) in [6.07, 6.45) is 2.40. The molecule has 11 nitrogen and oxygen atoms in total. The molecule has 4 aromatic rings. The smallest absolute Gasteiger partial charge is 0.458 e. The molecule has 0 aliphatic carbocycles. The Kier molecular flexibility index (Phi) is 22.7. The van der Waals surface area contributed by atoms with Crippen molar-refractivity contribution < 1.29 is 70.4 Å². The molecule has 0 aromatic heterocycles. The van der Waals surface area contributed by atoms with Crippen molar-refractivity contribution in [2.24, 2.45) is 0 Å². The molecule has 0 radical (unpaired) electrons. The van der Waals surface area contributed by atoms with E-state index in [1.807, 2.05) is 194 Å². The summed E-state index contributed by atoms with van der Waals surface area (Å²) in [5, 5.41) is 0. The van der Waals surface area contributed by atoms with Gasteiger partial charge in [-0.15, -0.1) is 0 Å². The molecule has 0 spiro atoms. The van der Waals surface area contributed by atoms with Crippen molar-refractivity contribution in [1.29, 1.82) is 0 Å². The van der Waals surface area contributed by atoms with Crippen LogP contribution in [-0.4, -0.2) is 74.9 Å². The molecule has 3 saturated heterocycles. The molecule has 0 saturated carbocycles. The maximum Gasteiger partial charge on any atom is 1.00 e. The quantitative estimate of drug-likeness (QED) is 0.0729. The fourth-order valence-electron chi connectivity index (χ4n) is 5.86. The largest absolute Gasteiger partial charge is 1.00 e. The van der Waals surface area contributed by atoms with Gasteiger partial charge in [0.05, 0.1) is 33.6 Å². The Labute approximate surface area is 437 Å². The van der Waals surface area contributed by atoms with Gasteiger partial charge in [-0.05, 0) is 181 Å². The molecule has 0 amide bonds. The second-order valence-corrected chi connectivity index (χ2v) is 21.5. The molecule has 0 N–H and O–H groups in total. The fourth-order valence-corrected chi connectivity index (χ4v) is 6.39. The minimum absolute atomic E-state index is 0. The summed E-state index contributed by atoms with van der Waals surface area (Å²) >= 11 is 6.73. The first kappa shape index (κ1) is 59.9. The Morgan fingerprint density at radius 1 is 0.456 bits per heavy atom. The molecule has 3 heterocycles. The summed E-state index contributed by atoms with van der Waals surface area (Å²) in [6, 6.07) is 30.6. The van der Waals surface area contributed by atoms with Gasteiger partial charge in [0.25, 0.3) is 0 Å². The number of rotatable bonds is 13. The Morgan fingerprint density at radius 3 is 0.926 bits per heavy atom. The third kappa shape index (κ3) is 17.4. The first-order valence-electron chi connectivity index (χ1n) is 22.9. The maximum atomic E-state index is 6.09. The number of hydrogen-bond acceptors (Lipinski definition) is 11. The van der Waals surface area contributed by atoms with Gasteiger partial charge in [-0.2, -0.15) is 6.42 Å². The average molecular weight is 1060 g/mol. The molecular formula is C51H72B3Br2LiO11. The molecule has 3 aliphatic rings. The molecule has 0 atom stereocenters. The average Bonchev–Trinajstić information content (AvgIpc) is 3.71. The molecule has 4 aromatic carbocycles. The molecule has 3 fully saturated rings. The Hall–Kier alpha value is -2.45. The van der Waals surface area contributed by atoms with Crippen LogP contribution in [0.2, 0.25) is 0 Å². The van der Waals surface area contributed by atoms with E-state index < -0.39 is 7.32 Å². The van der Waals surface area contributed by atoms with E-state index in [4.69, 9.17) is 51.5 Å². The van der Waals surface area contributed by atoms with Crippen molar-refractivity contribution in [3.05, 3.63) is 113 Å². The number of ether oxygens (including phenoxy) is 4. The van der Waals surface area contributed by atoms with Crippen LogP contribution in [0.15, 0.2) is 106 Å². The van der Waals surface area contributed by atoms with Gasteiger partial charge in [0, 0.05) is 15.0 Å². The predicted molar refractivity (Wildman–Crippen MR) is 277 cm³/mol. The van der Waals surface area contributed by atoms with Crippen molar-refractivity contribution in [1.82, 2.24) is 0 Å². The number of halogens is 2. The van der Waals surface area contributed by atoms with Crippen molar-refractivity contribution >= 4 is 64.3 Å². The molecule has 0 unspecified atom stereocenters. The summed E-state index contributed by atoms with van der Waals surface area (Å²) in [7, 11) is -1.30. The van der Waals surface area contributed by atoms with E-state index in [1.54, 1.807) is 0 Å². The van der Waals surface area contributed by atoms with Crippen LogP contribution in [0.25, 0.3) is 0 Å². The van der Waals surface area contributed by atoms with Gasteiger partial charge in [0.2, 0.25) is 13.6 Å². The van der Waals surface area contributed by atoms with Crippen LogP contribution in [0, 0.1) is 6.92 Å². The molecule has 366 valence electrons. The van der Waals surface area contributed by atoms with Crippen LogP contribution < -0.4 is 48.7 Å². The number of hydrogen-bond donors (Lipinski definition) is 0. The Bertz CT molecular complexity index is 1910. The van der Waals surface area contributed by atoms with Gasteiger partial charge in [0.1, 0.15) is 23.0 Å². The zero-order valence-corrected chi connectivity index (χ0v) is 46.5. The summed E-state index contributed by atoms with van der Waals surface area (Å²) in [6.45, 7) is 34.4. The van der Waals surface area contributed by atoms with Gasteiger partial charge in [-0.3, -0.25) is 0 Å². The molecular weight excluding hydrogens is 988 g/mol. The molecule has 17 heteroatoms. The Balaban J connectivity index is 0.000000291. The second kappa shape index (κ2) is 25.8. The molecule has 3 aliphatic heterocycles. The van der Waals surface area contributed by atoms with E-state index >= 15 is 0 Å². The SMILES string of the molecule is Brc1ccc(OCOc2ccc(Br)cc2)cc1.CC(C)OB1OC(C)(C)C(C)(C)O1.CC1(C)OB(c2ccc(OCOc3ccc(B4OC(C)(C)C(C)(C)O4)cc3)cc2)OC1(C)C.[CH2-]CCC.[Li+]. The molecule has 7 rings (SSSR count). The van der Waals surface area contributed by atoms with Crippen LogP contribution in [-0.2, 0) is 32.6 Å². The minimum atomic E-state index is -0.523. The van der Waals surface area contributed by atoms with Gasteiger partial charge in [0.15, 0.2) is 0 Å². The number of benzene rings is 4.